The normalized spacial score (nSPS) is 25.6. The molecule has 1 saturated carbocycles. The van der Waals surface area contributed by atoms with Crippen LogP contribution in [0.5, 0.6) is 5.75 Å². The van der Waals surface area contributed by atoms with Crippen LogP contribution in [-0.2, 0) is 0 Å². The highest BCUT2D eigenvalue weighted by molar-refractivity contribution is 5.63. The van der Waals surface area contributed by atoms with Crippen LogP contribution in [-0.4, -0.2) is 6.10 Å². The first kappa shape index (κ1) is 13.7. The van der Waals surface area contributed by atoms with Crippen molar-refractivity contribution in [3.63, 3.8) is 0 Å². The van der Waals surface area contributed by atoms with Crippen molar-refractivity contribution < 1.29 is 4.74 Å². The summed E-state index contributed by atoms with van der Waals surface area (Å²) in [5.41, 5.74) is 7.22. The molecule has 0 aliphatic heterocycles. The number of nitriles is 1. The zero-order valence-corrected chi connectivity index (χ0v) is 11.9. The molecular formula is C16H22N2O. The zero-order valence-electron chi connectivity index (χ0n) is 11.9. The van der Waals surface area contributed by atoms with Crippen molar-refractivity contribution in [1.82, 2.24) is 0 Å². The molecule has 1 aliphatic carbocycles. The summed E-state index contributed by atoms with van der Waals surface area (Å²) in [5.74, 6) is 1.31. The number of nitrogen functional groups attached to an aromatic ring is 1. The number of benzene rings is 1. The van der Waals surface area contributed by atoms with Gasteiger partial charge in [-0.25, -0.2) is 0 Å². The molecule has 0 radical (unpaired) electrons. The average molecular weight is 258 g/mol. The predicted molar refractivity (Wildman–Crippen MR) is 76.8 cm³/mol. The Hall–Kier alpha value is -1.69. The van der Waals surface area contributed by atoms with Crippen molar-refractivity contribution in [1.29, 1.82) is 5.26 Å². The molecular weight excluding hydrogens is 236 g/mol. The van der Waals surface area contributed by atoms with E-state index in [1.54, 1.807) is 6.07 Å². The maximum absolute atomic E-state index is 8.99. The van der Waals surface area contributed by atoms with Crippen molar-refractivity contribution in [2.45, 2.75) is 46.1 Å². The lowest BCUT2D eigenvalue weighted by Gasteiger charge is -2.39. The summed E-state index contributed by atoms with van der Waals surface area (Å²) >= 11 is 0. The third kappa shape index (κ3) is 3.20. The molecule has 2 rings (SSSR count). The van der Waals surface area contributed by atoms with E-state index in [1.165, 1.54) is 6.42 Å². The van der Waals surface area contributed by atoms with Gasteiger partial charge in [0.25, 0.3) is 0 Å². The Labute approximate surface area is 115 Å². The second kappa shape index (κ2) is 5.13. The minimum atomic E-state index is 0.190. The highest BCUT2D eigenvalue weighted by Crippen LogP contribution is 2.40. The largest absolute Gasteiger partial charge is 0.488 e. The quantitative estimate of drug-likeness (QED) is 0.822. The topological polar surface area (TPSA) is 59.0 Å². The minimum Gasteiger partial charge on any atom is -0.488 e. The molecule has 19 heavy (non-hydrogen) atoms. The van der Waals surface area contributed by atoms with Crippen LogP contribution in [0.3, 0.4) is 0 Å². The fourth-order valence-electron chi connectivity index (χ4n) is 3.27. The third-order valence-electron chi connectivity index (χ3n) is 3.83. The molecule has 2 atom stereocenters. The van der Waals surface area contributed by atoms with E-state index in [4.69, 9.17) is 15.7 Å². The van der Waals surface area contributed by atoms with Gasteiger partial charge < -0.3 is 10.5 Å². The number of hydrogen-bond donors (Lipinski definition) is 1. The molecule has 0 heterocycles. The maximum atomic E-state index is 8.99. The first-order chi connectivity index (χ1) is 8.91. The van der Waals surface area contributed by atoms with Crippen LogP contribution in [0.1, 0.15) is 45.6 Å². The van der Waals surface area contributed by atoms with E-state index in [9.17, 15) is 0 Å². The number of ether oxygens (including phenoxy) is 1. The van der Waals surface area contributed by atoms with Crippen molar-refractivity contribution in [3.8, 4) is 11.8 Å². The molecule has 102 valence electrons. The first-order valence-electron chi connectivity index (χ1n) is 6.86. The Balaban J connectivity index is 2.16. The van der Waals surface area contributed by atoms with E-state index < -0.39 is 0 Å². The fourth-order valence-corrected chi connectivity index (χ4v) is 3.27. The molecule has 1 fully saturated rings. The van der Waals surface area contributed by atoms with Crippen LogP contribution in [0.15, 0.2) is 18.2 Å². The molecule has 3 nitrogen and oxygen atoms in total. The maximum Gasteiger partial charge on any atom is 0.143 e. The number of hydrogen-bond acceptors (Lipinski definition) is 3. The lowest BCUT2D eigenvalue weighted by Crippen LogP contribution is -2.34. The standard InChI is InChI=1S/C16H22N2O/c1-11-7-13(9-16(2,3)8-11)19-14-6-4-5-12(10-17)15(14)18/h4-6,11,13H,7-9,18H2,1-3H3. The van der Waals surface area contributed by atoms with E-state index in [0.29, 0.717) is 28.3 Å². The van der Waals surface area contributed by atoms with Gasteiger partial charge in [0.1, 0.15) is 11.8 Å². The van der Waals surface area contributed by atoms with Gasteiger partial charge in [0.2, 0.25) is 0 Å². The first-order valence-corrected chi connectivity index (χ1v) is 6.86. The summed E-state index contributed by atoms with van der Waals surface area (Å²) in [6, 6.07) is 7.48. The van der Waals surface area contributed by atoms with Gasteiger partial charge in [-0.15, -0.1) is 0 Å². The van der Waals surface area contributed by atoms with Crippen molar-refractivity contribution in [2.24, 2.45) is 11.3 Å². The van der Waals surface area contributed by atoms with Gasteiger partial charge in [-0.3, -0.25) is 0 Å². The molecule has 0 saturated heterocycles. The zero-order chi connectivity index (χ0) is 14.0. The Morgan fingerprint density at radius 2 is 2.11 bits per heavy atom. The van der Waals surface area contributed by atoms with Gasteiger partial charge in [-0.1, -0.05) is 26.8 Å². The second-order valence-electron chi connectivity index (χ2n) is 6.48. The Kier molecular flexibility index (Phi) is 3.71. The van der Waals surface area contributed by atoms with Crippen molar-refractivity contribution >= 4 is 5.69 Å². The minimum absolute atomic E-state index is 0.190. The molecule has 3 heteroatoms. The van der Waals surface area contributed by atoms with Gasteiger partial charge >= 0.3 is 0 Å². The van der Waals surface area contributed by atoms with Gasteiger partial charge in [0.15, 0.2) is 0 Å². The molecule has 0 aromatic heterocycles. The van der Waals surface area contributed by atoms with Crippen LogP contribution in [0.2, 0.25) is 0 Å². The summed E-state index contributed by atoms with van der Waals surface area (Å²) < 4.78 is 6.06. The molecule has 0 spiro atoms. The highest BCUT2D eigenvalue weighted by atomic mass is 16.5. The van der Waals surface area contributed by atoms with Crippen molar-refractivity contribution in [2.75, 3.05) is 5.73 Å². The molecule has 2 N–H and O–H groups in total. The number of anilines is 1. The summed E-state index contributed by atoms with van der Waals surface area (Å²) in [6.45, 7) is 6.84. The summed E-state index contributed by atoms with van der Waals surface area (Å²) in [5, 5.41) is 8.99. The lowest BCUT2D eigenvalue weighted by molar-refractivity contribution is 0.0567. The molecule has 0 amide bonds. The molecule has 2 unspecified atom stereocenters. The second-order valence-corrected chi connectivity index (χ2v) is 6.48. The number of rotatable bonds is 2. The van der Waals surface area contributed by atoms with Crippen LogP contribution in [0.4, 0.5) is 5.69 Å². The van der Waals surface area contributed by atoms with Crippen LogP contribution >= 0.6 is 0 Å². The van der Waals surface area contributed by atoms with Crippen LogP contribution in [0, 0.1) is 22.7 Å². The van der Waals surface area contributed by atoms with Crippen molar-refractivity contribution in [3.05, 3.63) is 23.8 Å². The molecule has 0 bridgehead atoms. The predicted octanol–water partition coefficient (Wildman–Crippen LogP) is 3.73. The average Bonchev–Trinajstić information content (AvgIpc) is 2.29. The molecule has 1 aliphatic rings. The number of nitrogens with two attached hydrogens (primary N) is 1. The number of para-hydroxylation sites is 1. The van der Waals surface area contributed by atoms with Crippen LogP contribution in [0.25, 0.3) is 0 Å². The fraction of sp³-hybridized carbons (Fsp3) is 0.562. The Morgan fingerprint density at radius 1 is 1.37 bits per heavy atom. The monoisotopic (exact) mass is 258 g/mol. The van der Waals surface area contributed by atoms with E-state index in [2.05, 4.69) is 26.8 Å². The summed E-state index contributed by atoms with van der Waals surface area (Å²) in [7, 11) is 0. The Morgan fingerprint density at radius 3 is 2.74 bits per heavy atom. The highest BCUT2D eigenvalue weighted by Gasteiger charge is 2.33. The van der Waals surface area contributed by atoms with E-state index in [-0.39, 0.29) is 6.10 Å². The molecule has 1 aromatic rings. The van der Waals surface area contributed by atoms with Gasteiger partial charge in [-0.05, 0) is 42.7 Å². The van der Waals surface area contributed by atoms with Crippen LogP contribution < -0.4 is 10.5 Å². The third-order valence-corrected chi connectivity index (χ3v) is 3.83. The van der Waals surface area contributed by atoms with E-state index >= 15 is 0 Å². The van der Waals surface area contributed by atoms with Gasteiger partial charge in [-0.2, -0.15) is 5.26 Å². The summed E-state index contributed by atoms with van der Waals surface area (Å²) in [4.78, 5) is 0. The van der Waals surface area contributed by atoms with Gasteiger partial charge in [0, 0.05) is 0 Å². The SMILES string of the molecule is CC1CC(Oc2cccc(C#N)c2N)CC(C)(C)C1. The number of nitrogens with zero attached hydrogens (tertiary/aromatic N) is 1. The lowest BCUT2D eigenvalue weighted by atomic mass is 9.71. The molecule has 1 aromatic carbocycles. The van der Waals surface area contributed by atoms with E-state index in [1.807, 2.05) is 12.1 Å². The van der Waals surface area contributed by atoms with E-state index in [0.717, 1.165) is 12.8 Å². The summed E-state index contributed by atoms with van der Waals surface area (Å²) in [6.07, 6.45) is 3.52. The van der Waals surface area contributed by atoms with Gasteiger partial charge in [0.05, 0.1) is 17.4 Å². The smallest absolute Gasteiger partial charge is 0.143 e. The Bertz CT molecular complexity index is 502.